The van der Waals surface area contributed by atoms with E-state index in [2.05, 4.69) is 16.0 Å². The molecule has 2 unspecified atom stereocenters. The lowest BCUT2D eigenvalue weighted by Crippen LogP contribution is -2.48. The number of carbonyl (C=O) groups is 4. The molecule has 5 atom stereocenters. The smallest absolute Gasteiger partial charge is 0.407 e. The Labute approximate surface area is 284 Å². The van der Waals surface area contributed by atoms with E-state index in [1.807, 2.05) is 13.8 Å². The fourth-order valence-corrected chi connectivity index (χ4v) is 4.76. The van der Waals surface area contributed by atoms with Crippen LogP contribution in [-0.4, -0.2) is 95.9 Å². The van der Waals surface area contributed by atoms with Crippen LogP contribution in [0.25, 0.3) is 0 Å². The number of benzene rings is 1. The molecule has 1 aromatic carbocycles. The molecule has 13 heteroatoms. The van der Waals surface area contributed by atoms with E-state index in [1.54, 1.807) is 65.8 Å². The van der Waals surface area contributed by atoms with Crippen molar-refractivity contribution in [2.75, 3.05) is 26.4 Å². The van der Waals surface area contributed by atoms with E-state index in [9.17, 15) is 29.4 Å². The molecule has 1 aromatic rings. The first kappa shape index (κ1) is 40.8. The Kier molecular flexibility index (Phi) is 16.1. The zero-order valence-electron chi connectivity index (χ0n) is 29.8. The third-order valence-electron chi connectivity index (χ3n) is 7.41. The van der Waals surface area contributed by atoms with Crippen LogP contribution in [0.4, 0.5) is 4.79 Å². The summed E-state index contributed by atoms with van der Waals surface area (Å²) in [5, 5.41) is 29.0. The van der Waals surface area contributed by atoms with Crippen LogP contribution < -0.4 is 20.7 Å². The zero-order valence-corrected chi connectivity index (χ0v) is 29.8. The molecule has 0 saturated heterocycles. The predicted molar refractivity (Wildman–Crippen MR) is 179 cm³/mol. The number of nitrogens with one attached hydrogen (secondary N) is 3. The van der Waals surface area contributed by atoms with Crippen molar-refractivity contribution in [3.63, 3.8) is 0 Å². The summed E-state index contributed by atoms with van der Waals surface area (Å²) in [6, 6.07) is 5.56. The van der Waals surface area contributed by atoms with Crippen LogP contribution in [0, 0.1) is 11.8 Å². The van der Waals surface area contributed by atoms with Crippen LogP contribution in [0.5, 0.6) is 5.75 Å². The molecule has 272 valence electrons. The molecule has 0 aliphatic carbocycles. The highest BCUT2D eigenvalue weighted by molar-refractivity contribution is 5.89. The predicted octanol–water partition coefficient (Wildman–Crippen LogP) is 3.03. The molecular formula is C35H57N3O10. The number of esters is 1. The number of carbonyl (C=O) groups excluding carboxylic acids is 4. The first-order chi connectivity index (χ1) is 22.3. The lowest BCUT2D eigenvalue weighted by molar-refractivity contribution is -0.159. The van der Waals surface area contributed by atoms with Gasteiger partial charge in [-0.05, 0) is 90.8 Å². The number of aliphatic hydroxyl groups excluding tert-OH is 2. The molecule has 0 radical (unpaired) electrons. The van der Waals surface area contributed by atoms with Crippen LogP contribution in [0.3, 0.4) is 0 Å². The van der Waals surface area contributed by atoms with Gasteiger partial charge in [0.05, 0.1) is 25.2 Å². The van der Waals surface area contributed by atoms with Gasteiger partial charge in [-0.1, -0.05) is 26.0 Å². The average molecular weight is 680 g/mol. The first-order valence-electron chi connectivity index (χ1n) is 16.8. The first-order valence-corrected chi connectivity index (χ1v) is 16.8. The summed E-state index contributed by atoms with van der Waals surface area (Å²) < 4.78 is 22.1. The average Bonchev–Trinajstić information content (AvgIpc) is 2.96. The van der Waals surface area contributed by atoms with Gasteiger partial charge in [0.25, 0.3) is 0 Å². The van der Waals surface area contributed by atoms with Gasteiger partial charge in [-0.25, -0.2) is 9.59 Å². The van der Waals surface area contributed by atoms with Crippen molar-refractivity contribution in [2.45, 2.75) is 123 Å². The summed E-state index contributed by atoms with van der Waals surface area (Å²) in [4.78, 5) is 52.2. The highest BCUT2D eigenvalue weighted by atomic mass is 16.6. The van der Waals surface area contributed by atoms with Crippen molar-refractivity contribution in [3.05, 3.63) is 29.8 Å². The van der Waals surface area contributed by atoms with Crippen molar-refractivity contribution in [1.29, 1.82) is 0 Å². The van der Waals surface area contributed by atoms with Crippen molar-refractivity contribution in [2.24, 2.45) is 11.8 Å². The molecule has 3 amide bonds. The van der Waals surface area contributed by atoms with Crippen LogP contribution in [0.2, 0.25) is 0 Å². The molecular weight excluding hydrogens is 622 g/mol. The molecule has 13 nitrogen and oxygen atoms in total. The van der Waals surface area contributed by atoms with E-state index in [0.29, 0.717) is 25.1 Å². The van der Waals surface area contributed by atoms with Crippen molar-refractivity contribution >= 4 is 23.9 Å². The topological polar surface area (TPSA) is 182 Å². The molecule has 2 bridgehead atoms. The summed E-state index contributed by atoms with van der Waals surface area (Å²) in [6.07, 6.45) is -1.53. The second kappa shape index (κ2) is 18.9. The largest absolute Gasteiger partial charge is 0.491 e. The number of ether oxygens (including phenoxy) is 4. The maximum atomic E-state index is 13.7. The number of fused-ring (bicyclic) bond motifs is 13. The molecule has 3 rings (SSSR count). The van der Waals surface area contributed by atoms with Gasteiger partial charge in [-0.2, -0.15) is 0 Å². The van der Waals surface area contributed by atoms with Gasteiger partial charge < -0.3 is 45.1 Å². The quantitative estimate of drug-likeness (QED) is 0.182. The number of alkyl carbamates (subject to hydrolysis) is 1. The Morgan fingerprint density at radius 2 is 1.56 bits per heavy atom. The molecule has 0 fully saturated rings. The zero-order chi connectivity index (χ0) is 36.1. The summed E-state index contributed by atoms with van der Waals surface area (Å²) in [6.45, 7) is 14.5. The Bertz CT molecular complexity index is 1180. The fraction of sp³-hybridized carbons (Fsp3) is 0.714. The van der Waals surface area contributed by atoms with Crippen LogP contribution >= 0.6 is 0 Å². The normalized spacial score (nSPS) is 21.9. The van der Waals surface area contributed by atoms with Crippen LogP contribution in [-0.2, 0) is 35.0 Å². The molecule has 0 spiro atoms. The molecule has 2 aliphatic heterocycles. The monoisotopic (exact) mass is 679 g/mol. The lowest BCUT2D eigenvalue weighted by atomic mass is 9.93. The van der Waals surface area contributed by atoms with E-state index >= 15 is 0 Å². The number of unbranched alkanes of at least 4 members (excludes halogenated alkanes) is 1. The minimum Gasteiger partial charge on any atom is -0.491 e. The molecule has 0 saturated carbocycles. The summed E-state index contributed by atoms with van der Waals surface area (Å²) >= 11 is 0. The van der Waals surface area contributed by atoms with E-state index in [0.717, 1.165) is 5.56 Å². The summed E-state index contributed by atoms with van der Waals surface area (Å²) in [7, 11) is 0. The number of rotatable bonds is 10. The molecule has 48 heavy (non-hydrogen) atoms. The van der Waals surface area contributed by atoms with Crippen molar-refractivity contribution in [3.8, 4) is 5.75 Å². The number of hydrogen-bond acceptors (Lipinski definition) is 10. The van der Waals surface area contributed by atoms with Gasteiger partial charge in [0, 0.05) is 13.0 Å². The van der Waals surface area contributed by atoms with Gasteiger partial charge in [0.2, 0.25) is 11.8 Å². The van der Waals surface area contributed by atoms with Crippen LogP contribution in [0.15, 0.2) is 24.3 Å². The van der Waals surface area contributed by atoms with Crippen LogP contribution in [0.1, 0.15) is 86.6 Å². The van der Waals surface area contributed by atoms with Gasteiger partial charge in [-0.15, -0.1) is 0 Å². The molecule has 5 N–H and O–H groups in total. The molecule has 2 aliphatic rings. The minimum absolute atomic E-state index is 0.0339. The number of aliphatic hydroxyl groups is 2. The SMILES string of the molecule is CC(C)[C@H]1COCC(O)C(O)COc2ccc(cc2)C[C@@H](CC(=O)N[C@@H](CCCCNC(=O)OC(C)(C)C)C(=O)OC(C)(C)C)C(=O)N1. The van der Waals surface area contributed by atoms with E-state index < -0.39 is 59.4 Å². The minimum atomic E-state index is -1.18. The van der Waals surface area contributed by atoms with E-state index in [4.69, 9.17) is 18.9 Å². The number of amides is 3. The third-order valence-corrected chi connectivity index (χ3v) is 7.41. The maximum absolute atomic E-state index is 13.7. The Morgan fingerprint density at radius 1 is 0.938 bits per heavy atom. The Balaban J connectivity index is 2.18. The van der Waals surface area contributed by atoms with E-state index in [1.165, 1.54) is 0 Å². The van der Waals surface area contributed by atoms with Crippen molar-refractivity contribution < 1.29 is 48.3 Å². The third kappa shape index (κ3) is 16.1. The van der Waals surface area contributed by atoms with Gasteiger partial charge >= 0.3 is 12.1 Å². The van der Waals surface area contributed by atoms with Gasteiger partial charge in [0.15, 0.2) is 0 Å². The number of hydrogen-bond donors (Lipinski definition) is 5. The highest BCUT2D eigenvalue weighted by Gasteiger charge is 2.31. The summed E-state index contributed by atoms with van der Waals surface area (Å²) in [5.41, 5.74) is -0.617. The Hall–Kier alpha value is -3.42. The second-order valence-electron chi connectivity index (χ2n) is 14.7. The Morgan fingerprint density at radius 3 is 2.17 bits per heavy atom. The van der Waals surface area contributed by atoms with Gasteiger partial charge in [-0.3, -0.25) is 9.59 Å². The maximum Gasteiger partial charge on any atom is 0.407 e. The van der Waals surface area contributed by atoms with Gasteiger partial charge in [0.1, 0.15) is 41.8 Å². The lowest BCUT2D eigenvalue weighted by Gasteiger charge is -2.27. The molecule has 0 aromatic heterocycles. The second-order valence-corrected chi connectivity index (χ2v) is 14.7. The highest BCUT2D eigenvalue weighted by Crippen LogP contribution is 2.20. The fourth-order valence-electron chi connectivity index (χ4n) is 4.76. The molecule has 2 heterocycles. The standard InChI is InChI=1S/C35H57N3O10/c1-22(2)27-19-45-20-28(39)29(40)21-46-25-14-12-23(13-15-25)17-24(31(42)38-27)18-30(41)37-26(32(43)47-34(3,4)5)11-9-10-16-36-33(44)48-35(6,7)8/h12-15,22,24,26-29,39-40H,9-11,16-21H2,1-8H3,(H,36,44)(H,37,41)(H,38,42)/t24-,26-,27+,28?,29?/m0/s1. The summed E-state index contributed by atoms with van der Waals surface area (Å²) in [5.74, 6) is -1.77. The van der Waals surface area contributed by atoms with E-state index in [-0.39, 0.29) is 50.9 Å². The van der Waals surface area contributed by atoms with Crippen molar-refractivity contribution in [1.82, 2.24) is 16.0 Å².